The molecule has 2 aromatic rings. The van der Waals surface area contributed by atoms with Crippen LogP contribution in [-0.2, 0) is 0 Å². The molecule has 0 saturated carbocycles. The van der Waals surface area contributed by atoms with Crippen molar-refractivity contribution in [2.24, 2.45) is 0 Å². The Labute approximate surface area is 91.2 Å². The van der Waals surface area contributed by atoms with Crippen LogP contribution < -0.4 is 4.90 Å². The molecule has 0 atom stereocenters. The van der Waals surface area contributed by atoms with E-state index < -0.39 is 5.60 Å². The number of fused-ring (bicyclic) bond motifs is 1. The van der Waals surface area contributed by atoms with Crippen LogP contribution >= 0.6 is 11.3 Å². The fourth-order valence-corrected chi connectivity index (χ4v) is 2.68. The van der Waals surface area contributed by atoms with Gasteiger partial charge in [-0.1, -0.05) is 0 Å². The number of hydrogen-bond acceptors (Lipinski definition) is 5. The Morgan fingerprint density at radius 3 is 3.00 bits per heavy atom. The summed E-state index contributed by atoms with van der Waals surface area (Å²) in [5.74, 6) is 0.938. The van der Waals surface area contributed by atoms with E-state index in [2.05, 4.69) is 14.9 Å². The van der Waals surface area contributed by atoms with E-state index >= 15 is 0 Å². The van der Waals surface area contributed by atoms with E-state index in [1.165, 1.54) is 0 Å². The van der Waals surface area contributed by atoms with Gasteiger partial charge in [0.05, 0.1) is 11.0 Å². The molecule has 1 aliphatic rings. The second-order valence-corrected chi connectivity index (χ2v) is 5.08. The molecule has 0 aliphatic carbocycles. The summed E-state index contributed by atoms with van der Waals surface area (Å²) < 4.78 is 0. The first-order chi connectivity index (χ1) is 7.16. The minimum Gasteiger partial charge on any atom is -0.386 e. The quantitative estimate of drug-likeness (QED) is 0.787. The molecule has 0 spiro atoms. The van der Waals surface area contributed by atoms with Gasteiger partial charge < -0.3 is 10.0 Å². The number of aliphatic hydroxyl groups is 1. The lowest BCUT2D eigenvalue weighted by Crippen LogP contribution is -2.60. The van der Waals surface area contributed by atoms with Crippen LogP contribution in [-0.4, -0.2) is 33.8 Å². The predicted molar refractivity (Wildman–Crippen MR) is 60.3 cm³/mol. The molecule has 0 radical (unpaired) electrons. The van der Waals surface area contributed by atoms with Crippen molar-refractivity contribution in [3.8, 4) is 0 Å². The van der Waals surface area contributed by atoms with Crippen molar-refractivity contribution < 1.29 is 5.11 Å². The highest BCUT2D eigenvalue weighted by atomic mass is 32.1. The summed E-state index contributed by atoms with van der Waals surface area (Å²) >= 11 is 1.61. The molecular weight excluding hydrogens is 210 g/mol. The van der Waals surface area contributed by atoms with E-state index in [1.54, 1.807) is 17.7 Å². The Bertz CT molecular complexity index is 500. The summed E-state index contributed by atoms with van der Waals surface area (Å²) in [6, 6.07) is 2.03. The largest absolute Gasteiger partial charge is 0.386 e. The van der Waals surface area contributed by atoms with Crippen molar-refractivity contribution in [1.29, 1.82) is 0 Å². The second kappa shape index (κ2) is 2.90. The minimum absolute atomic E-state index is 0.562. The number of thiophene rings is 1. The maximum Gasteiger partial charge on any atom is 0.140 e. The molecule has 1 fully saturated rings. The lowest BCUT2D eigenvalue weighted by Gasteiger charge is -2.45. The second-order valence-electron chi connectivity index (χ2n) is 4.19. The van der Waals surface area contributed by atoms with Crippen molar-refractivity contribution in [1.82, 2.24) is 9.97 Å². The van der Waals surface area contributed by atoms with Crippen molar-refractivity contribution in [3.05, 3.63) is 17.8 Å². The Hall–Kier alpha value is -1.20. The van der Waals surface area contributed by atoms with Crippen molar-refractivity contribution in [3.63, 3.8) is 0 Å². The van der Waals surface area contributed by atoms with Gasteiger partial charge in [-0.05, 0) is 18.4 Å². The van der Waals surface area contributed by atoms with Gasteiger partial charge in [-0.2, -0.15) is 0 Å². The number of anilines is 1. The maximum atomic E-state index is 9.69. The Morgan fingerprint density at radius 1 is 1.47 bits per heavy atom. The van der Waals surface area contributed by atoms with E-state index in [0.717, 1.165) is 16.0 Å². The Balaban J connectivity index is 2.02. The minimum atomic E-state index is -0.562. The lowest BCUT2D eigenvalue weighted by molar-refractivity contribution is 0.0307. The normalized spacial score (nSPS) is 19.2. The molecule has 3 rings (SSSR count). The summed E-state index contributed by atoms with van der Waals surface area (Å²) in [7, 11) is 0. The first kappa shape index (κ1) is 9.06. The van der Waals surface area contributed by atoms with Crippen molar-refractivity contribution in [2.45, 2.75) is 12.5 Å². The van der Waals surface area contributed by atoms with Crippen LogP contribution in [0, 0.1) is 0 Å². The molecule has 0 aromatic carbocycles. The molecule has 3 heterocycles. The van der Waals surface area contributed by atoms with Crippen LogP contribution in [0.1, 0.15) is 6.92 Å². The summed E-state index contributed by atoms with van der Waals surface area (Å²) in [5, 5.41) is 12.8. The van der Waals surface area contributed by atoms with Crippen LogP contribution in [0.4, 0.5) is 5.82 Å². The van der Waals surface area contributed by atoms with Gasteiger partial charge in [0, 0.05) is 13.1 Å². The molecule has 4 nitrogen and oxygen atoms in total. The number of aromatic nitrogens is 2. The molecule has 0 unspecified atom stereocenters. The zero-order valence-electron chi connectivity index (χ0n) is 8.34. The topological polar surface area (TPSA) is 49.2 Å². The zero-order chi connectivity index (χ0) is 10.5. The van der Waals surface area contributed by atoms with Gasteiger partial charge >= 0.3 is 0 Å². The third-order valence-electron chi connectivity index (χ3n) is 2.60. The fourth-order valence-electron chi connectivity index (χ4n) is 1.95. The van der Waals surface area contributed by atoms with Gasteiger partial charge in [-0.3, -0.25) is 0 Å². The highest BCUT2D eigenvalue weighted by Crippen LogP contribution is 2.32. The molecule has 0 amide bonds. The van der Waals surface area contributed by atoms with Crippen molar-refractivity contribution >= 4 is 27.4 Å². The molecule has 5 heteroatoms. The SMILES string of the molecule is CC1(O)CN(c2ncnc3sccc23)C1. The van der Waals surface area contributed by atoms with Gasteiger partial charge in [0.25, 0.3) is 0 Å². The number of β-amino-alcohol motifs (C(OH)–C–C–N with tert-alkyl or cyclic N) is 1. The standard InChI is InChI=1S/C10H11N3OS/c1-10(14)4-13(5-10)8-7-2-3-15-9(7)12-6-11-8/h2-3,6,14H,4-5H2,1H3. The summed E-state index contributed by atoms with van der Waals surface area (Å²) in [5.41, 5.74) is -0.562. The van der Waals surface area contributed by atoms with Crippen LogP contribution in [0.2, 0.25) is 0 Å². The number of hydrogen-bond donors (Lipinski definition) is 1. The third kappa shape index (κ3) is 1.39. The van der Waals surface area contributed by atoms with E-state index in [0.29, 0.717) is 13.1 Å². The molecular formula is C10H11N3OS. The number of nitrogens with zero attached hydrogens (tertiary/aromatic N) is 3. The first-order valence-electron chi connectivity index (χ1n) is 4.81. The highest BCUT2D eigenvalue weighted by molar-refractivity contribution is 7.16. The molecule has 78 valence electrons. The van der Waals surface area contributed by atoms with Crippen LogP contribution in [0.15, 0.2) is 17.8 Å². The average Bonchev–Trinajstić information content (AvgIpc) is 2.60. The predicted octanol–water partition coefficient (Wildman–Crippen LogP) is 1.26. The molecule has 0 bridgehead atoms. The average molecular weight is 221 g/mol. The maximum absolute atomic E-state index is 9.69. The van der Waals surface area contributed by atoms with E-state index in [1.807, 2.05) is 18.4 Å². The van der Waals surface area contributed by atoms with Gasteiger partial charge in [0.1, 0.15) is 17.0 Å². The highest BCUT2D eigenvalue weighted by Gasteiger charge is 2.37. The molecule has 1 saturated heterocycles. The van der Waals surface area contributed by atoms with Gasteiger partial charge in [-0.15, -0.1) is 11.3 Å². The molecule has 15 heavy (non-hydrogen) atoms. The van der Waals surface area contributed by atoms with Gasteiger partial charge in [0.15, 0.2) is 0 Å². The summed E-state index contributed by atoms with van der Waals surface area (Å²) in [6.07, 6.45) is 1.58. The Kier molecular flexibility index (Phi) is 1.75. The van der Waals surface area contributed by atoms with Gasteiger partial charge in [-0.25, -0.2) is 9.97 Å². The smallest absolute Gasteiger partial charge is 0.140 e. The van der Waals surface area contributed by atoms with Crippen molar-refractivity contribution in [2.75, 3.05) is 18.0 Å². The molecule has 1 aliphatic heterocycles. The third-order valence-corrected chi connectivity index (χ3v) is 3.42. The van der Waals surface area contributed by atoms with E-state index in [-0.39, 0.29) is 0 Å². The van der Waals surface area contributed by atoms with Crippen LogP contribution in [0.3, 0.4) is 0 Å². The Morgan fingerprint density at radius 2 is 2.27 bits per heavy atom. The van der Waals surface area contributed by atoms with Crippen LogP contribution in [0.5, 0.6) is 0 Å². The number of rotatable bonds is 1. The van der Waals surface area contributed by atoms with Crippen LogP contribution in [0.25, 0.3) is 10.2 Å². The summed E-state index contributed by atoms with van der Waals surface area (Å²) in [4.78, 5) is 11.6. The zero-order valence-corrected chi connectivity index (χ0v) is 9.16. The fraction of sp³-hybridized carbons (Fsp3) is 0.400. The molecule has 2 aromatic heterocycles. The summed E-state index contributed by atoms with van der Waals surface area (Å²) in [6.45, 7) is 3.14. The monoisotopic (exact) mass is 221 g/mol. The first-order valence-corrected chi connectivity index (χ1v) is 5.69. The lowest BCUT2D eigenvalue weighted by atomic mass is 9.97. The van der Waals surface area contributed by atoms with Gasteiger partial charge in [0.2, 0.25) is 0 Å². The molecule has 1 N–H and O–H groups in total. The van der Waals surface area contributed by atoms with E-state index in [9.17, 15) is 5.11 Å². The van der Waals surface area contributed by atoms with E-state index in [4.69, 9.17) is 0 Å².